The molecule has 0 aliphatic carbocycles. The van der Waals surface area contributed by atoms with Gasteiger partial charge in [0.15, 0.2) is 0 Å². The lowest BCUT2D eigenvalue weighted by molar-refractivity contribution is -0.122. The van der Waals surface area contributed by atoms with Gasteiger partial charge in [0.05, 0.1) is 13.2 Å². The first-order valence-electron chi connectivity index (χ1n) is 7.29. The monoisotopic (exact) mass is 271 g/mol. The molecule has 1 fully saturated rings. The summed E-state index contributed by atoms with van der Waals surface area (Å²) in [6.07, 6.45) is 1.49. The normalized spacial score (nSPS) is 19.2. The Morgan fingerprint density at radius 2 is 2.05 bits per heavy atom. The SMILES string of the molecule is CCC(CN)CC(=O)NCC(C)(C)N1CCOCC1. The van der Waals surface area contributed by atoms with E-state index in [-0.39, 0.29) is 11.4 Å². The summed E-state index contributed by atoms with van der Waals surface area (Å²) in [5, 5.41) is 3.04. The third-order valence-corrected chi connectivity index (χ3v) is 3.97. The van der Waals surface area contributed by atoms with Crippen LogP contribution in [0.3, 0.4) is 0 Å². The molecule has 5 heteroatoms. The number of nitrogens with zero attached hydrogens (tertiary/aromatic N) is 1. The number of ether oxygens (including phenoxy) is 1. The summed E-state index contributed by atoms with van der Waals surface area (Å²) in [5.74, 6) is 0.408. The molecule has 0 radical (unpaired) electrons. The van der Waals surface area contributed by atoms with Crippen molar-refractivity contribution >= 4 is 5.91 Å². The summed E-state index contributed by atoms with van der Waals surface area (Å²) < 4.78 is 5.36. The Hall–Kier alpha value is -0.650. The molecule has 0 aromatic heterocycles. The van der Waals surface area contributed by atoms with E-state index in [0.717, 1.165) is 32.7 Å². The molecule has 112 valence electrons. The van der Waals surface area contributed by atoms with Crippen molar-refractivity contribution in [2.45, 2.75) is 39.2 Å². The van der Waals surface area contributed by atoms with Crippen molar-refractivity contribution in [3.05, 3.63) is 0 Å². The molecule has 0 spiro atoms. The van der Waals surface area contributed by atoms with E-state index in [1.165, 1.54) is 0 Å². The molecule has 0 saturated carbocycles. The Balaban J connectivity index is 2.35. The van der Waals surface area contributed by atoms with E-state index in [1.807, 2.05) is 0 Å². The zero-order valence-electron chi connectivity index (χ0n) is 12.6. The first-order chi connectivity index (χ1) is 8.99. The van der Waals surface area contributed by atoms with E-state index in [4.69, 9.17) is 10.5 Å². The number of nitrogens with one attached hydrogen (secondary N) is 1. The average Bonchev–Trinajstić information content (AvgIpc) is 2.43. The van der Waals surface area contributed by atoms with Crippen LogP contribution in [0.1, 0.15) is 33.6 Å². The predicted octanol–water partition coefficient (Wildman–Crippen LogP) is 0.588. The second kappa shape index (κ2) is 7.82. The average molecular weight is 271 g/mol. The van der Waals surface area contributed by atoms with E-state index < -0.39 is 0 Å². The highest BCUT2D eigenvalue weighted by molar-refractivity contribution is 5.76. The smallest absolute Gasteiger partial charge is 0.220 e. The lowest BCUT2D eigenvalue weighted by atomic mass is 10.00. The predicted molar refractivity (Wildman–Crippen MR) is 76.9 cm³/mol. The largest absolute Gasteiger partial charge is 0.379 e. The van der Waals surface area contributed by atoms with Gasteiger partial charge in [0, 0.05) is 31.6 Å². The molecule has 0 aromatic carbocycles. The quantitative estimate of drug-likeness (QED) is 0.711. The van der Waals surface area contributed by atoms with Gasteiger partial charge in [-0.2, -0.15) is 0 Å². The highest BCUT2D eigenvalue weighted by atomic mass is 16.5. The van der Waals surface area contributed by atoms with E-state index >= 15 is 0 Å². The topological polar surface area (TPSA) is 67.6 Å². The van der Waals surface area contributed by atoms with E-state index in [0.29, 0.717) is 25.4 Å². The number of carbonyl (C=O) groups is 1. The fourth-order valence-corrected chi connectivity index (χ4v) is 2.32. The molecule has 5 nitrogen and oxygen atoms in total. The molecule has 19 heavy (non-hydrogen) atoms. The minimum absolute atomic E-state index is 0.0239. The second-order valence-corrected chi connectivity index (χ2v) is 5.90. The third kappa shape index (κ3) is 5.47. The third-order valence-electron chi connectivity index (χ3n) is 3.97. The number of morpholine rings is 1. The summed E-state index contributed by atoms with van der Waals surface area (Å²) in [6.45, 7) is 11.1. The first-order valence-corrected chi connectivity index (χ1v) is 7.29. The van der Waals surface area contributed by atoms with Crippen molar-refractivity contribution in [1.29, 1.82) is 0 Å². The number of nitrogens with two attached hydrogens (primary N) is 1. The Kier molecular flexibility index (Phi) is 6.75. The van der Waals surface area contributed by atoms with E-state index in [9.17, 15) is 4.79 Å². The van der Waals surface area contributed by atoms with Crippen LogP contribution in [-0.2, 0) is 9.53 Å². The van der Waals surface area contributed by atoms with Gasteiger partial charge in [0.2, 0.25) is 5.91 Å². The number of amides is 1. The van der Waals surface area contributed by atoms with E-state index in [2.05, 4.69) is 31.0 Å². The molecular formula is C14H29N3O2. The molecule has 1 aliphatic heterocycles. The van der Waals surface area contributed by atoms with Crippen LogP contribution in [-0.4, -0.2) is 55.7 Å². The molecule has 1 atom stereocenters. The Labute approximate surface area is 116 Å². The maximum atomic E-state index is 11.9. The Morgan fingerprint density at radius 3 is 2.58 bits per heavy atom. The van der Waals surface area contributed by atoms with Crippen LogP contribution in [0.25, 0.3) is 0 Å². The van der Waals surface area contributed by atoms with Crippen molar-refractivity contribution in [3.8, 4) is 0 Å². The fraction of sp³-hybridized carbons (Fsp3) is 0.929. The molecule has 3 N–H and O–H groups in total. The lowest BCUT2D eigenvalue weighted by Gasteiger charge is -2.40. The first kappa shape index (κ1) is 16.4. The van der Waals surface area contributed by atoms with Crippen molar-refractivity contribution < 1.29 is 9.53 Å². The Morgan fingerprint density at radius 1 is 1.42 bits per heavy atom. The van der Waals surface area contributed by atoms with Crippen LogP contribution in [0.2, 0.25) is 0 Å². The van der Waals surface area contributed by atoms with Gasteiger partial charge in [0.1, 0.15) is 0 Å². The van der Waals surface area contributed by atoms with Crippen molar-refractivity contribution in [2.75, 3.05) is 39.4 Å². The summed E-state index contributed by atoms with van der Waals surface area (Å²) in [7, 11) is 0. The van der Waals surface area contributed by atoms with Crippen LogP contribution in [0.4, 0.5) is 0 Å². The zero-order valence-corrected chi connectivity index (χ0v) is 12.6. The van der Waals surface area contributed by atoms with Crippen molar-refractivity contribution in [1.82, 2.24) is 10.2 Å². The second-order valence-electron chi connectivity index (χ2n) is 5.90. The molecule has 0 bridgehead atoms. The lowest BCUT2D eigenvalue weighted by Crippen LogP contribution is -2.55. The number of carbonyl (C=O) groups excluding carboxylic acids is 1. The maximum Gasteiger partial charge on any atom is 0.220 e. The van der Waals surface area contributed by atoms with Crippen molar-refractivity contribution in [3.63, 3.8) is 0 Å². The standard InChI is InChI=1S/C14H29N3O2/c1-4-12(10-15)9-13(18)16-11-14(2,3)17-5-7-19-8-6-17/h12H,4-11,15H2,1-3H3,(H,16,18). The molecule has 1 unspecified atom stereocenters. The van der Waals surface area contributed by atoms with Crippen LogP contribution in [0.5, 0.6) is 0 Å². The number of hydrogen-bond donors (Lipinski definition) is 2. The van der Waals surface area contributed by atoms with Crippen LogP contribution in [0.15, 0.2) is 0 Å². The van der Waals surface area contributed by atoms with Gasteiger partial charge >= 0.3 is 0 Å². The molecule has 1 aliphatic rings. The molecule has 1 heterocycles. The number of rotatable bonds is 7. The van der Waals surface area contributed by atoms with Crippen LogP contribution >= 0.6 is 0 Å². The van der Waals surface area contributed by atoms with Crippen LogP contribution < -0.4 is 11.1 Å². The highest BCUT2D eigenvalue weighted by Crippen LogP contribution is 2.15. The van der Waals surface area contributed by atoms with Gasteiger partial charge in [-0.3, -0.25) is 9.69 Å². The van der Waals surface area contributed by atoms with Gasteiger partial charge < -0.3 is 15.8 Å². The molecular weight excluding hydrogens is 242 g/mol. The van der Waals surface area contributed by atoms with Gasteiger partial charge in [-0.05, 0) is 26.3 Å². The summed E-state index contributed by atoms with van der Waals surface area (Å²) >= 11 is 0. The van der Waals surface area contributed by atoms with Gasteiger partial charge in [0.25, 0.3) is 0 Å². The maximum absolute atomic E-state index is 11.9. The molecule has 1 amide bonds. The molecule has 0 aromatic rings. The van der Waals surface area contributed by atoms with Gasteiger partial charge in [-0.25, -0.2) is 0 Å². The van der Waals surface area contributed by atoms with E-state index in [1.54, 1.807) is 0 Å². The summed E-state index contributed by atoms with van der Waals surface area (Å²) in [6, 6.07) is 0. The summed E-state index contributed by atoms with van der Waals surface area (Å²) in [5.41, 5.74) is 5.60. The fourth-order valence-electron chi connectivity index (χ4n) is 2.32. The van der Waals surface area contributed by atoms with Gasteiger partial charge in [-0.15, -0.1) is 0 Å². The number of hydrogen-bond acceptors (Lipinski definition) is 4. The van der Waals surface area contributed by atoms with Crippen molar-refractivity contribution in [2.24, 2.45) is 11.7 Å². The van der Waals surface area contributed by atoms with Gasteiger partial charge in [-0.1, -0.05) is 13.3 Å². The molecule has 1 rings (SSSR count). The molecule has 1 saturated heterocycles. The Bertz CT molecular complexity index is 272. The summed E-state index contributed by atoms with van der Waals surface area (Å²) in [4.78, 5) is 14.3. The van der Waals surface area contributed by atoms with Crippen LogP contribution in [0, 0.1) is 5.92 Å². The highest BCUT2D eigenvalue weighted by Gasteiger charge is 2.28. The zero-order chi connectivity index (χ0) is 14.3. The minimum atomic E-state index is -0.0239. The minimum Gasteiger partial charge on any atom is -0.379 e.